The van der Waals surface area contributed by atoms with Gasteiger partial charge in [0.1, 0.15) is 0 Å². The molecule has 0 aromatic carbocycles. The van der Waals surface area contributed by atoms with Crippen molar-refractivity contribution in [2.45, 2.75) is 39.2 Å². The van der Waals surface area contributed by atoms with Gasteiger partial charge in [0.05, 0.1) is 5.92 Å². The van der Waals surface area contributed by atoms with Gasteiger partial charge in [0.15, 0.2) is 0 Å². The standard InChI is InChI=1S/C15H27N3O3/c1-11(2)18-6-3-12(10-18)9-16-15(21)17-7-4-13(5-8-17)14(19)20/h11-13H,3-10H2,1-2H3,(H,16,21)(H,19,20). The summed E-state index contributed by atoms with van der Waals surface area (Å²) in [6.45, 7) is 8.39. The molecule has 2 heterocycles. The average molecular weight is 297 g/mol. The second-order valence-corrected chi connectivity index (χ2v) is 6.53. The quantitative estimate of drug-likeness (QED) is 0.818. The number of nitrogens with one attached hydrogen (secondary N) is 1. The lowest BCUT2D eigenvalue weighted by Gasteiger charge is -2.30. The van der Waals surface area contributed by atoms with Crippen LogP contribution in [0.4, 0.5) is 4.79 Å². The Morgan fingerprint density at radius 2 is 1.86 bits per heavy atom. The average Bonchev–Trinajstić information content (AvgIpc) is 2.94. The van der Waals surface area contributed by atoms with Gasteiger partial charge >= 0.3 is 12.0 Å². The monoisotopic (exact) mass is 297 g/mol. The van der Waals surface area contributed by atoms with Gasteiger partial charge in [0, 0.05) is 32.2 Å². The molecule has 21 heavy (non-hydrogen) atoms. The molecule has 0 aromatic heterocycles. The summed E-state index contributed by atoms with van der Waals surface area (Å²) in [5.74, 6) is -0.494. The maximum Gasteiger partial charge on any atom is 0.317 e. The van der Waals surface area contributed by atoms with Crippen LogP contribution in [0, 0.1) is 11.8 Å². The van der Waals surface area contributed by atoms with Crippen LogP contribution in [0.15, 0.2) is 0 Å². The molecule has 0 aromatic rings. The van der Waals surface area contributed by atoms with Crippen molar-refractivity contribution in [2.24, 2.45) is 11.8 Å². The molecule has 0 bridgehead atoms. The summed E-state index contributed by atoms with van der Waals surface area (Å²) >= 11 is 0. The van der Waals surface area contributed by atoms with Crippen molar-refractivity contribution < 1.29 is 14.7 Å². The zero-order valence-corrected chi connectivity index (χ0v) is 13.0. The van der Waals surface area contributed by atoms with Crippen molar-refractivity contribution in [1.82, 2.24) is 15.1 Å². The number of nitrogens with zero attached hydrogens (tertiary/aromatic N) is 2. The lowest BCUT2D eigenvalue weighted by Crippen LogP contribution is -2.46. The summed E-state index contributed by atoms with van der Waals surface area (Å²) in [6, 6.07) is 0.530. The van der Waals surface area contributed by atoms with Crippen LogP contribution in [0.25, 0.3) is 0 Å². The molecule has 1 atom stereocenters. The first-order valence-electron chi connectivity index (χ1n) is 7.97. The number of amides is 2. The van der Waals surface area contributed by atoms with E-state index in [4.69, 9.17) is 5.11 Å². The molecule has 2 aliphatic rings. The van der Waals surface area contributed by atoms with Crippen molar-refractivity contribution >= 4 is 12.0 Å². The third kappa shape index (κ3) is 4.33. The summed E-state index contributed by atoms with van der Waals surface area (Å²) in [5.41, 5.74) is 0. The molecule has 2 rings (SSSR count). The van der Waals surface area contributed by atoms with Gasteiger partial charge in [0.25, 0.3) is 0 Å². The van der Waals surface area contributed by atoms with E-state index in [0.717, 1.165) is 26.1 Å². The number of carbonyl (C=O) groups excluding carboxylic acids is 1. The van der Waals surface area contributed by atoms with Crippen LogP contribution in [0.3, 0.4) is 0 Å². The van der Waals surface area contributed by atoms with Gasteiger partial charge in [-0.2, -0.15) is 0 Å². The third-order valence-corrected chi connectivity index (χ3v) is 4.72. The van der Waals surface area contributed by atoms with Gasteiger partial charge in [-0.15, -0.1) is 0 Å². The minimum atomic E-state index is -0.741. The molecule has 0 aliphatic carbocycles. The van der Waals surface area contributed by atoms with Crippen LogP contribution in [-0.2, 0) is 4.79 Å². The number of piperidine rings is 1. The molecular formula is C15H27N3O3. The Hall–Kier alpha value is -1.30. The first-order chi connectivity index (χ1) is 9.97. The van der Waals surface area contributed by atoms with Crippen LogP contribution in [0.5, 0.6) is 0 Å². The Kier molecular flexibility index (Phi) is 5.45. The number of carboxylic acid groups (broad SMARTS) is 1. The number of rotatable bonds is 4. The van der Waals surface area contributed by atoms with Crippen molar-refractivity contribution in [2.75, 3.05) is 32.7 Å². The first kappa shape index (κ1) is 16.1. The number of hydrogen-bond donors (Lipinski definition) is 2. The van der Waals surface area contributed by atoms with E-state index in [9.17, 15) is 9.59 Å². The Labute approximate surface area is 126 Å². The number of carboxylic acids is 1. The normalized spacial score (nSPS) is 24.5. The van der Waals surface area contributed by atoms with E-state index in [0.29, 0.717) is 37.9 Å². The molecule has 0 spiro atoms. The largest absolute Gasteiger partial charge is 0.481 e. The molecule has 2 aliphatic heterocycles. The highest BCUT2D eigenvalue weighted by Gasteiger charge is 2.28. The topological polar surface area (TPSA) is 72.9 Å². The van der Waals surface area contributed by atoms with E-state index in [-0.39, 0.29) is 11.9 Å². The predicted octanol–water partition coefficient (Wildman–Crippen LogP) is 1.22. The summed E-state index contributed by atoms with van der Waals surface area (Å²) < 4.78 is 0. The van der Waals surface area contributed by atoms with Crippen LogP contribution in [0.2, 0.25) is 0 Å². The first-order valence-corrected chi connectivity index (χ1v) is 7.97. The van der Waals surface area contributed by atoms with E-state index in [2.05, 4.69) is 24.1 Å². The zero-order valence-electron chi connectivity index (χ0n) is 13.0. The van der Waals surface area contributed by atoms with Crippen LogP contribution < -0.4 is 5.32 Å². The predicted molar refractivity (Wildman–Crippen MR) is 80.1 cm³/mol. The smallest absolute Gasteiger partial charge is 0.317 e. The summed E-state index contributed by atoms with van der Waals surface area (Å²) in [5, 5.41) is 12.0. The molecule has 120 valence electrons. The van der Waals surface area contributed by atoms with Crippen LogP contribution >= 0.6 is 0 Å². The fraction of sp³-hybridized carbons (Fsp3) is 0.867. The van der Waals surface area contributed by atoms with Crippen molar-refractivity contribution in [1.29, 1.82) is 0 Å². The molecular weight excluding hydrogens is 270 g/mol. The van der Waals surface area contributed by atoms with Gasteiger partial charge in [-0.3, -0.25) is 4.79 Å². The molecule has 0 radical (unpaired) electrons. The Balaban J connectivity index is 1.68. The van der Waals surface area contributed by atoms with Crippen molar-refractivity contribution in [3.8, 4) is 0 Å². The Morgan fingerprint density at radius 1 is 1.19 bits per heavy atom. The summed E-state index contributed by atoms with van der Waals surface area (Å²) in [4.78, 5) is 27.2. The molecule has 2 amide bonds. The summed E-state index contributed by atoms with van der Waals surface area (Å²) in [7, 11) is 0. The summed E-state index contributed by atoms with van der Waals surface area (Å²) in [6.07, 6.45) is 2.26. The fourth-order valence-corrected chi connectivity index (χ4v) is 3.17. The highest BCUT2D eigenvalue weighted by atomic mass is 16.4. The van der Waals surface area contributed by atoms with E-state index in [1.807, 2.05) is 0 Å². The Bertz CT molecular complexity index is 378. The highest BCUT2D eigenvalue weighted by Crippen LogP contribution is 2.19. The molecule has 2 fully saturated rings. The molecule has 6 nitrogen and oxygen atoms in total. The van der Waals surface area contributed by atoms with E-state index < -0.39 is 5.97 Å². The Morgan fingerprint density at radius 3 is 2.38 bits per heavy atom. The van der Waals surface area contributed by atoms with Crippen LogP contribution in [-0.4, -0.2) is 65.7 Å². The lowest BCUT2D eigenvalue weighted by atomic mass is 9.97. The van der Waals surface area contributed by atoms with Gasteiger partial charge < -0.3 is 20.2 Å². The molecule has 1 unspecified atom stereocenters. The van der Waals surface area contributed by atoms with Crippen molar-refractivity contribution in [3.63, 3.8) is 0 Å². The second-order valence-electron chi connectivity index (χ2n) is 6.53. The van der Waals surface area contributed by atoms with E-state index >= 15 is 0 Å². The highest BCUT2D eigenvalue weighted by molar-refractivity contribution is 5.75. The molecule has 0 saturated carbocycles. The fourth-order valence-electron chi connectivity index (χ4n) is 3.17. The minimum Gasteiger partial charge on any atom is -0.481 e. The number of likely N-dealkylation sites (tertiary alicyclic amines) is 2. The maximum absolute atomic E-state index is 12.1. The zero-order chi connectivity index (χ0) is 15.4. The van der Waals surface area contributed by atoms with Gasteiger partial charge in [0.2, 0.25) is 0 Å². The second kappa shape index (κ2) is 7.11. The maximum atomic E-state index is 12.1. The number of hydrogen-bond acceptors (Lipinski definition) is 3. The van der Waals surface area contributed by atoms with Crippen molar-refractivity contribution in [3.05, 3.63) is 0 Å². The number of aliphatic carboxylic acids is 1. The SMILES string of the molecule is CC(C)N1CCC(CNC(=O)N2CCC(C(=O)O)CC2)C1. The number of carbonyl (C=O) groups is 2. The molecule has 6 heteroatoms. The van der Waals surface area contributed by atoms with E-state index in [1.54, 1.807) is 4.90 Å². The van der Waals surface area contributed by atoms with Gasteiger partial charge in [-0.05, 0) is 45.6 Å². The van der Waals surface area contributed by atoms with Gasteiger partial charge in [-0.25, -0.2) is 4.79 Å². The van der Waals surface area contributed by atoms with Crippen LogP contribution in [0.1, 0.15) is 33.1 Å². The lowest BCUT2D eigenvalue weighted by molar-refractivity contribution is -0.143. The molecule has 2 saturated heterocycles. The minimum absolute atomic E-state index is 0.0400. The third-order valence-electron chi connectivity index (χ3n) is 4.72. The molecule has 2 N–H and O–H groups in total. The van der Waals surface area contributed by atoms with E-state index in [1.165, 1.54) is 0 Å². The number of urea groups is 1. The van der Waals surface area contributed by atoms with Gasteiger partial charge in [-0.1, -0.05) is 0 Å².